The first-order valence-electron chi connectivity index (χ1n) is 8.53. The van der Waals surface area contributed by atoms with E-state index in [0.29, 0.717) is 0 Å². The van der Waals surface area contributed by atoms with Crippen LogP contribution in [0.3, 0.4) is 0 Å². The van der Waals surface area contributed by atoms with E-state index in [9.17, 15) is 0 Å². The predicted molar refractivity (Wildman–Crippen MR) is 97.2 cm³/mol. The van der Waals surface area contributed by atoms with Crippen molar-refractivity contribution in [2.45, 2.75) is 25.6 Å². The molecule has 1 aliphatic rings. The molecule has 1 saturated heterocycles. The van der Waals surface area contributed by atoms with Crippen molar-refractivity contribution in [3.63, 3.8) is 0 Å². The second-order valence-corrected chi connectivity index (χ2v) is 7.15. The number of hydrogen-bond acceptors (Lipinski definition) is 6. The molecule has 0 bridgehead atoms. The molecule has 130 valence electrons. The van der Waals surface area contributed by atoms with Crippen LogP contribution in [0.2, 0.25) is 0 Å². The van der Waals surface area contributed by atoms with E-state index in [-0.39, 0.29) is 6.10 Å². The molecule has 0 aliphatic carbocycles. The topological polar surface area (TPSA) is 56.1 Å². The van der Waals surface area contributed by atoms with Crippen LogP contribution in [0.15, 0.2) is 48.4 Å². The van der Waals surface area contributed by atoms with Crippen molar-refractivity contribution in [2.24, 2.45) is 0 Å². The monoisotopic (exact) mass is 355 g/mol. The first kappa shape index (κ1) is 16.4. The van der Waals surface area contributed by atoms with E-state index >= 15 is 0 Å². The van der Waals surface area contributed by atoms with E-state index in [0.717, 1.165) is 55.5 Å². The van der Waals surface area contributed by atoms with Crippen LogP contribution in [-0.2, 0) is 17.8 Å². The van der Waals surface area contributed by atoms with Crippen molar-refractivity contribution >= 4 is 11.3 Å². The van der Waals surface area contributed by atoms with Crippen molar-refractivity contribution in [1.29, 1.82) is 0 Å². The molecular formula is C18H21N5OS. The molecule has 4 heterocycles. The van der Waals surface area contributed by atoms with Gasteiger partial charge in [0.15, 0.2) is 5.82 Å². The standard InChI is InChI=1S/C18H21N5OS/c1-4-17(25-9-1)18-19-10-15(11-20-18)12-22-6-3-8-24-16(13-22)14-23-7-2-5-21-23/h1-2,4-5,7,9-11,16H,3,6,8,12-14H2. The maximum atomic E-state index is 5.98. The Morgan fingerprint density at radius 1 is 1.24 bits per heavy atom. The lowest BCUT2D eigenvalue weighted by Crippen LogP contribution is -2.34. The van der Waals surface area contributed by atoms with Gasteiger partial charge in [-0.05, 0) is 23.9 Å². The van der Waals surface area contributed by atoms with Gasteiger partial charge >= 0.3 is 0 Å². The largest absolute Gasteiger partial charge is 0.375 e. The quantitative estimate of drug-likeness (QED) is 0.704. The normalized spacial score (nSPS) is 19.0. The van der Waals surface area contributed by atoms with Crippen molar-refractivity contribution in [3.8, 4) is 10.7 Å². The number of nitrogens with zero attached hydrogens (tertiary/aromatic N) is 5. The molecule has 0 spiro atoms. The van der Waals surface area contributed by atoms with Crippen LogP contribution < -0.4 is 0 Å². The molecular weight excluding hydrogens is 334 g/mol. The van der Waals surface area contributed by atoms with Gasteiger partial charge in [-0.1, -0.05) is 6.07 Å². The summed E-state index contributed by atoms with van der Waals surface area (Å²) < 4.78 is 7.92. The fraction of sp³-hybridized carbons (Fsp3) is 0.389. The molecule has 25 heavy (non-hydrogen) atoms. The molecule has 6 nitrogen and oxygen atoms in total. The Labute approximate surface area is 151 Å². The van der Waals surface area contributed by atoms with Crippen molar-refractivity contribution < 1.29 is 4.74 Å². The SMILES string of the molecule is c1csc(-c2ncc(CN3CCCOC(Cn4cccn4)C3)cn2)c1. The molecule has 3 aromatic heterocycles. The average molecular weight is 355 g/mol. The third kappa shape index (κ3) is 4.31. The minimum atomic E-state index is 0.161. The highest BCUT2D eigenvalue weighted by atomic mass is 32.1. The number of thiophene rings is 1. The highest BCUT2D eigenvalue weighted by Gasteiger charge is 2.19. The van der Waals surface area contributed by atoms with Gasteiger partial charge in [0, 0.05) is 56.6 Å². The number of hydrogen-bond donors (Lipinski definition) is 0. The minimum absolute atomic E-state index is 0.161. The van der Waals surface area contributed by atoms with Gasteiger partial charge < -0.3 is 4.74 Å². The molecule has 0 N–H and O–H groups in total. The summed E-state index contributed by atoms with van der Waals surface area (Å²) in [5.41, 5.74) is 1.14. The van der Waals surface area contributed by atoms with Crippen LogP contribution in [-0.4, -0.2) is 50.4 Å². The fourth-order valence-electron chi connectivity index (χ4n) is 3.07. The second kappa shape index (κ2) is 7.86. The summed E-state index contributed by atoms with van der Waals surface area (Å²) in [6.07, 6.45) is 8.88. The lowest BCUT2D eigenvalue weighted by Gasteiger charge is -2.23. The summed E-state index contributed by atoms with van der Waals surface area (Å²) in [5, 5.41) is 6.33. The van der Waals surface area contributed by atoms with Gasteiger partial charge in [0.05, 0.1) is 17.5 Å². The molecule has 3 aromatic rings. The predicted octanol–water partition coefficient (Wildman–Crippen LogP) is 2.69. The Morgan fingerprint density at radius 3 is 2.92 bits per heavy atom. The summed E-state index contributed by atoms with van der Waals surface area (Å²) in [4.78, 5) is 12.6. The lowest BCUT2D eigenvalue weighted by atomic mass is 10.2. The molecule has 4 rings (SSSR count). The molecule has 1 aliphatic heterocycles. The summed E-state index contributed by atoms with van der Waals surface area (Å²) in [6.45, 7) is 4.37. The fourth-order valence-corrected chi connectivity index (χ4v) is 3.74. The summed E-state index contributed by atoms with van der Waals surface area (Å²) >= 11 is 1.66. The molecule has 1 unspecified atom stereocenters. The highest BCUT2D eigenvalue weighted by Crippen LogP contribution is 2.20. The highest BCUT2D eigenvalue weighted by molar-refractivity contribution is 7.13. The van der Waals surface area contributed by atoms with Gasteiger partial charge in [-0.2, -0.15) is 5.10 Å². The smallest absolute Gasteiger partial charge is 0.169 e. The maximum absolute atomic E-state index is 5.98. The first-order valence-corrected chi connectivity index (χ1v) is 9.41. The molecule has 1 atom stereocenters. The van der Waals surface area contributed by atoms with E-state index in [1.807, 2.05) is 46.9 Å². The van der Waals surface area contributed by atoms with E-state index in [4.69, 9.17) is 4.74 Å². The van der Waals surface area contributed by atoms with E-state index < -0.39 is 0 Å². The maximum Gasteiger partial charge on any atom is 0.169 e. The Bertz CT molecular complexity index is 757. The van der Waals surface area contributed by atoms with Crippen molar-refractivity contribution in [1.82, 2.24) is 24.6 Å². The third-order valence-electron chi connectivity index (χ3n) is 4.24. The van der Waals surface area contributed by atoms with Crippen LogP contribution in [0.5, 0.6) is 0 Å². The number of aromatic nitrogens is 4. The molecule has 0 saturated carbocycles. The van der Waals surface area contributed by atoms with Crippen LogP contribution in [0.4, 0.5) is 0 Å². The molecule has 0 amide bonds. The molecule has 0 aromatic carbocycles. The Morgan fingerprint density at radius 2 is 2.16 bits per heavy atom. The second-order valence-electron chi connectivity index (χ2n) is 6.20. The minimum Gasteiger partial charge on any atom is -0.375 e. The number of ether oxygens (including phenoxy) is 1. The summed E-state index contributed by atoms with van der Waals surface area (Å²) in [5.74, 6) is 0.800. The van der Waals surface area contributed by atoms with Crippen molar-refractivity contribution in [3.05, 3.63) is 53.9 Å². The Hall–Kier alpha value is -2.09. The summed E-state index contributed by atoms with van der Waals surface area (Å²) in [7, 11) is 0. The zero-order valence-corrected chi connectivity index (χ0v) is 14.8. The zero-order chi connectivity index (χ0) is 16.9. The third-order valence-corrected chi connectivity index (χ3v) is 5.10. The van der Waals surface area contributed by atoms with Gasteiger partial charge in [-0.15, -0.1) is 11.3 Å². The Kier molecular flexibility index (Phi) is 5.15. The lowest BCUT2D eigenvalue weighted by molar-refractivity contribution is 0.0391. The van der Waals surface area contributed by atoms with Gasteiger partial charge in [0.25, 0.3) is 0 Å². The summed E-state index contributed by atoms with van der Waals surface area (Å²) in [6, 6.07) is 6.01. The van der Waals surface area contributed by atoms with Gasteiger partial charge in [-0.25, -0.2) is 9.97 Å². The Balaban J connectivity index is 1.38. The van der Waals surface area contributed by atoms with E-state index in [2.05, 4.69) is 20.0 Å². The number of rotatable bonds is 5. The van der Waals surface area contributed by atoms with Gasteiger partial charge in [-0.3, -0.25) is 9.58 Å². The average Bonchev–Trinajstić information content (AvgIpc) is 3.29. The van der Waals surface area contributed by atoms with Crippen molar-refractivity contribution in [2.75, 3.05) is 19.7 Å². The molecule has 7 heteroatoms. The van der Waals surface area contributed by atoms with E-state index in [1.165, 1.54) is 0 Å². The van der Waals surface area contributed by atoms with Crippen LogP contribution in [0.1, 0.15) is 12.0 Å². The zero-order valence-electron chi connectivity index (χ0n) is 14.0. The van der Waals surface area contributed by atoms with Gasteiger partial charge in [0.1, 0.15) is 0 Å². The molecule has 1 fully saturated rings. The van der Waals surface area contributed by atoms with E-state index in [1.54, 1.807) is 17.5 Å². The van der Waals surface area contributed by atoms with Crippen LogP contribution in [0, 0.1) is 0 Å². The van der Waals surface area contributed by atoms with Crippen LogP contribution >= 0.6 is 11.3 Å². The van der Waals surface area contributed by atoms with Gasteiger partial charge in [0.2, 0.25) is 0 Å². The van der Waals surface area contributed by atoms with Crippen LogP contribution in [0.25, 0.3) is 10.7 Å². The molecule has 0 radical (unpaired) electrons. The first-order chi connectivity index (χ1) is 12.4.